The van der Waals surface area contributed by atoms with Crippen LogP contribution < -0.4 is 4.90 Å². The molecular formula is C17H19BrN2O3S2. The van der Waals surface area contributed by atoms with E-state index in [1.807, 2.05) is 30.3 Å². The van der Waals surface area contributed by atoms with E-state index in [4.69, 9.17) is 0 Å². The molecule has 1 aromatic heterocycles. The second-order valence-electron chi connectivity index (χ2n) is 5.99. The average Bonchev–Trinajstić information content (AvgIpc) is 3.08. The number of para-hydroxylation sites is 1. The van der Waals surface area contributed by atoms with Crippen LogP contribution in [0.5, 0.6) is 0 Å². The van der Waals surface area contributed by atoms with Crippen molar-refractivity contribution < 1.29 is 13.2 Å². The van der Waals surface area contributed by atoms with E-state index in [2.05, 4.69) is 15.9 Å². The van der Waals surface area contributed by atoms with E-state index in [0.717, 1.165) is 9.47 Å². The molecule has 0 spiro atoms. The Balaban J connectivity index is 1.76. The lowest BCUT2D eigenvalue weighted by molar-refractivity contribution is -0.123. The lowest BCUT2D eigenvalue weighted by Crippen LogP contribution is -2.45. The Morgan fingerprint density at radius 1 is 1.24 bits per heavy atom. The highest BCUT2D eigenvalue weighted by Gasteiger charge is 2.35. The van der Waals surface area contributed by atoms with Crippen molar-refractivity contribution >= 4 is 48.9 Å². The molecule has 0 bridgehead atoms. The highest BCUT2D eigenvalue weighted by atomic mass is 79.9. The number of sulfonamides is 1. The van der Waals surface area contributed by atoms with Crippen molar-refractivity contribution in [3.05, 3.63) is 46.3 Å². The molecule has 0 unspecified atom stereocenters. The van der Waals surface area contributed by atoms with Crippen LogP contribution in [-0.2, 0) is 14.8 Å². The number of piperidine rings is 1. The molecule has 0 radical (unpaired) electrons. The quantitative estimate of drug-likeness (QED) is 0.726. The maximum Gasteiger partial charge on any atom is 0.252 e. The first-order valence-electron chi connectivity index (χ1n) is 7.97. The molecule has 134 valence electrons. The van der Waals surface area contributed by atoms with Gasteiger partial charge in [0, 0.05) is 25.8 Å². The Morgan fingerprint density at radius 2 is 1.96 bits per heavy atom. The van der Waals surface area contributed by atoms with Gasteiger partial charge in [0.2, 0.25) is 5.91 Å². The Hall–Kier alpha value is -1.22. The van der Waals surface area contributed by atoms with Gasteiger partial charge in [0.15, 0.2) is 0 Å². The highest BCUT2D eigenvalue weighted by molar-refractivity contribution is 9.11. The van der Waals surface area contributed by atoms with Crippen molar-refractivity contribution in [2.24, 2.45) is 5.92 Å². The van der Waals surface area contributed by atoms with Crippen molar-refractivity contribution in [2.75, 3.05) is 25.0 Å². The van der Waals surface area contributed by atoms with E-state index in [9.17, 15) is 13.2 Å². The molecule has 1 aliphatic rings. The average molecular weight is 443 g/mol. The van der Waals surface area contributed by atoms with E-state index >= 15 is 0 Å². The molecule has 3 rings (SSSR count). The van der Waals surface area contributed by atoms with Crippen LogP contribution >= 0.6 is 27.3 Å². The van der Waals surface area contributed by atoms with Gasteiger partial charge in [-0.15, -0.1) is 11.3 Å². The Morgan fingerprint density at radius 3 is 2.60 bits per heavy atom. The monoisotopic (exact) mass is 442 g/mol. The number of nitrogens with zero attached hydrogens (tertiary/aromatic N) is 2. The number of hydrogen-bond donors (Lipinski definition) is 0. The molecule has 2 aromatic rings. The smallest absolute Gasteiger partial charge is 0.252 e. The first-order valence-corrected chi connectivity index (χ1v) is 11.0. The van der Waals surface area contributed by atoms with E-state index in [-0.39, 0.29) is 18.4 Å². The summed E-state index contributed by atoms with van der Waals surface area (Å²) in [6.45, 7) is 0.685. The minimum absolute atomic E-state index is 0.0431. The number of hydrogen-bond acceptors (Lipinski definition) is 4. The molecule has 1 aliphatic heterocycles. The fourth-order valence-electron chi connectivity index (χ4n) is 2.98. The number of benzene rings is 1. The minimum atomic E-state index is -3.55. The van der Waals surface area contributed by atoms with Crippen LogP contribution in [-0.4, -0.2) is 38.8 Å². The summed E-state index contributed by atoms with van der Waals surface area (Å²) in [5.41, 5.74) is 0.815. The molecule has 2 heterocycles. The standard InChI is InChI=1S/C17H19BrN2O3S2/c1-19(14-7-3-2-4-8-14)17(21)13-6-5-11-20(12-13)25(22,23)16-10-9-15(18)24-16/h2-4,7-10,13H,5-6,11-12H2,1H3/t13-/m0/s1. The molecule has 1 atom stereocenters. The molecule has 1 saturated heterocycles. The lowest BCUT2D eigenvalue weighted by atomic mass is 9.98. The van der Waals surface area contributed by atoms with E-state index in [1.165, 1.54) is 15.6 Å². The molecule has 1 amide bonds. The third-order valence-electron chi connectivity index (χ3n) is 4.35. The van der Waals surface area contributed by atoms with Gasteiger partial charge in [-0.1, -0.05) is 18.2 Å². The van der Waals surface area contributed by atoms with Gasteiger partial charge in [-0.2, -0.15) is 4.31 Å². The molecule has 8 heteroatoms. The Labute approximate surface area is 160 Å². The molecule has 0 saturated carbocycles. The summed E-state index contributed by atoms with van der Waals surface area (Å²) >= 11 is 4.50. The molecule has 5 nitrogen and oxygen atoms in total. The molecule has 1 aromatic carbocycles. The van der Waals surface area contributed by atoms with Crippen LogP contribution in [0, 0.1) is 5.92 Å². The van der Waals surface area contributed by atoms with Gasteiger partial charge in [0.25, 0.3) is 10.0 Å². The van der Waals surface area contributed by atoms with E-state index < -0.39 is 10.0 Å². The molecule has 25 heavy (non-hydrogen) atoms. The molecule has 0 aliphatic carbocycles. The summed E-state index contributed by atoms with van der Waals surface area (Å²) in [6.07, 6.45) is 1.39. The van der Waals surface area contributed by atoms with Gasteiger partial charge in [0.1, 0.15) is 4.21 Å². The van der Waals surface area contributed by atoms with Crippen LogP contribution in [0.1, 0.15) is 12.8 Å². The largest absolute Gasteiger partial charge is 0.315 e. The zero-order valence-electron chi connectivity index (χ0n) is 13.8. The number of halogens is 1. The van der Waals surface area contributed by atoms with Crippen molar-refractivity contribution in [1.82, 2.24) is 4.31 Å². The van der Waals surface area contributed by atoms with Gasteiger partial charge in [0.05, 0.1) is 9.70 Å². The maximum atomic E-state index is 12.8. The van der Waals surface area contributed by atoms with Crippen LogP contribution in [0.15, 0.2) is 50.5 Å². The van der Waals surface area contributed by atoms with Crippen LogP contribution in [0.2, 0.25) is 0 Å². The number of carbonyl (C=O) groups excluding carboxylic acids is 1. The van der Waals surface area contributed by atoms with Crippen molar-refractivity contribution in [1.29, 1.82) is 0 Å². The van der Waals surface area contributed by atoms with Crippen molar-refractivity contribution in [3.63, 3.8) is 0 Å². The Bertz CT molecular complexity index is 852. The zero-order chi connectivity index (χ0) is 18.0. The third-order valence-corrected chi connectivity index (χ3v) is 8.31. The fourth-order valence-corrected chi connectivity index (χ4v) is 6.67. The van der Waals surface area contributed by atoms with Gasteiger partial charge in [-0.05, 0) is 53.0 Å². The lowest BCUT2D eigenvalue weighted by Gasteiger charge is -2.33. The van der Waals surface area contributed by atoms with Crippen molar-refractivity contribution in [3.8, 4) is 0 Å². The minimum Gasteiger partial charge on any atom is -0.315 e. The highest BCUT2D eigenvalue weighted by Crippen LogP contribution is 2.31. The second kappa shape index (κ2) is 7.57. The van der Waals surface area contributed by atoms with Crippen LogP contribution in [0.3, 0.4) is 0 Å². The second-order valence-corrected chi connectivity index (χ2v) is 10.6. The van der Waals surface area contributed by atoms with Gasteiger partial charge >= 0.3 is 0 Å². The van der Waals surface area contributed by atoms with Gasteiger partial charge in [-0.25, -0.2) is 8.42 Å². The van der Waals surface area contributed by atoms with Crippen molar-refractivity contribution in [2.45, 2.75) is 17.1 Å². The number of amides is 1. The molecule has 0 N–H and O–H groups in total. The molecule has 1 fully saturated rings. The van der Waals surface area contributed by atoms with E-state index in [0.29, 0.717) is 23.6 Å². The fraction of sp³-hybridized carbons (Fsp3) is 0.353. The topological polar surface area (TPSA) is 57.7 Å². The third kappa shape index (κ3) is 3.97. The first kappa shape index (κ1) is 18.6. The van der Waals surface area contributed by atoms with E-state index in [1.54, 1.807) is 24.1 Å². The summed E-state index contributed by atoms with van der Waals surface area (Å²) in [6, 6.07) is 12.7. The zero-order valence-corrected chi connectivity index (χ0v) is 17.0. The number of anilines is 1. The van der Waals surface area contributed by atoms with Gasteiger partial charge < -0.3 is 4.90 Å². The number of rotatable bonds is 4. The summed E-state index contributed by atoms with van der Waals surface area (Å²) in [5.74, 6) is -0.365. The Kier molecular flexibility index (Phi) is 5.62. The first-order chi connectivity index (χ1) is 11.9. The molecular weight excluding hydrogens is 424 g/mol. The SMILES string of the molecule is CN(C(=O)[C@H]1CCCN(S(=O)(=O)c2ccc(Br)s2)C1)c1ccccc1. The maximum absolute atomic E-state index is 12.8. The normalized spacial score (nSPS) is 18.9. The predicted octanol–water partition coefficient (Wildman–Crippen LogP) is 3.57. The predicted molar refractivity (Wildman–Crippen MR) is 103 cm³/mol. The summed E-state index contributed by atoms with van der Waals surface area (Å²) in [5, 5.41) is 0. The van der Waals surface area contributed by atoms with Crippen LogP contribution in [0.25, 0.3) is 0 Å². The summed E-state index contributed by atoms with van der Waals surface area (Å²) < 4.78 is 28.1. The number of carbonyl (C=O) groups is 1. The van der Waals surface area contributed by atoms with Crippen LogP contribution in [0.4, 0.5) is 5.69 Å². The summed E-state index contributed by atoms with van der Waals surface area (Å²) in [7, 11) is -1.81. The number of thiophene rings is 1. The van der Waals surface area contributed by atoms with Gasteiger partial charge in [-0.3, -0.25) is 4.79 Å². The summed E-state index contributed by atoms with van der Waals surface area (Å²) in [4.78, 5) is 14.4.